The lowest BCUT2D eigenvalue weighted by Crippen LogP contribution is -2.27. The van der Waals surface area contributed by atoms with Crippen LogP contribution in [0.2, 0.25) is 0 Å². The second-order valence-electron chi connectivity index (χ2n) is 6.46. The molecule has 1 amide bonds. The zero-order valence-electron chi connectivity index (χ0n) is 14.4. The number of rotatable bonds is 2. The van der Waals surface area contributed by atoms with Crippen LogP contribution in [0, 0.1) is 11.8 Å². The van der Waals surface area contributed by atoms with Crippen molar-refractivity contribution in [3.63, 3.8) is 0 Å². The van der Waals surface area contributed by atoms with Gasteiger partial charge in [-0.05, 0) is 60.4 Å². The summed E-state index contributed by atoms with van der Waals surface area (Å²) in [7, 11) is 0. The van der Waals surface area contributed by atoms with Crippen molar-refractivity contribution in [3.05, 3.63) is 107 Å². The molecule has 0 aliphatic heterocycles. The molecule has 0 heterocycles. The SMILES string of the molecule is O=C(NC1CCc2ccccc21)c1ccc(C#Cc2ccccc2)cc1. The molecule has 0 fully saturated rings. The topological polar surface area (TPSA) is 29.1 Å². The molecule has 1 unspecified atom stereocenters. The van der Waals surface area contributed by atoms with Gasteiger partial charge in [-0.2, -0.15) is 0 Å². The Labute approximate surface area is 153 Å². The Hall–Kier alpha value is -3.31. The Balaban J connectivity index is 1.44. The molecule has 1 atom stereocenters. The molecule has 3 aromatic carbocycles. The van der Waals surface area contributed by atoms with Crippen LogP contribution in [0.5, 0.6) is 0 Å². The first kappa shape index (κ1) is 16.2. The lowest BCUT2D eigenvalue weighted by Gasteiger charge is -2.14. The maximum atomic E-state index is 12.6. The van der Waals surface area contributed by atoms with E-state index in [0.29, 0.717) is 5.56 Å². The number of nitrogens with one attached hydrogen (secondary N) is 1. The summed E-state index contributed by atoms with van der Waals surface area (Å²) in [5.41, 5.74) is 5.13. The third-order valence-electron chi connectivity index (χ3n) is 4.71. The van der Waals surface area contributed by atoms with Crippen LogP contribution in [0.25, 0.3) is 0 Å². The molecule has 1 aliphatic rings. The van der Waals surface area contributed by atoms with E-state index in [1.807, 2.05) is 60.7 Å². The van der Waals surface area contributed by atoms with E-state index in [1.165, 1.54) is 11.1 Å². The van der Waals surface area contributed by atoms with E-state index in [0.717, 1.165) is 24.0 Å². The molecule has 0 saturated carbocycles. The number of benzene rings is 3. The van der Waals surface area contributed by atoms with Crippen molar-refractivity contribution in [1.29, 1.82) is 0 Å². The van der Waals surface area contributed by atoms with Crippen molar-refractivity contribution in [2.75, 3.05) is 0 Å². The fraction of sp³-hybridized carbons (Fsp3) is 0.125. The monoisotopic (exact) mass is 337 g/mol. The summed E-state index contributed by atoms with van der Waals surface area (Å²) in [6, 6.07) is 25.8. The first-order valence-electron chi connectivity index (χ1n) is 8.85. The lowest BCUT2D eigenvalue weighted by molar-refractivity contribution is 0.0936. The van der Waals surface area contributed by atoms with Crippen LogP contribution in [0.1, 0.15) is 45.1 Å². The Bertz CT molecular complexity index is 978. The van der Waals surface area contributed by atoms with Gasteiger partial charge in [-0.25, -0.2) is 0 Å². The molecular weight excluding hydrogens is 318 g/mol. The third kappa shape index (κ3) is 3.53. The predicted octanol–water partition coefficient (Wildman–Crippen LogP) is 4.50. The van der Waals surface area contributed by atoms with Crippen LogP contribution in [-0.2, 0) is 6.42 Å². The normalized spacial score (nSPS) is 14.8. The summed E-state index contributed by atoms with van der Waals surface area (Å²) in [5, 5.41) is 3.15. The zero-order valence-corrected chi connectivity index (χ0v) is 14.4. The van der Waals surface area contributed by atoms with Gasteiger partial charge < -0.3 is 5.32 Å². The van der Waals surface area contributed by atoms with Crippen molar-refractivity contribution in [3.8, 4) is 11.8 Å². The zero-order chi connectivity index (χ0) is 17.8. The highest BCUT2D eigenvalue weighted by molar-refractivity contribution is 5.94. The van der Waals surface area contributed by atoms with Gasteiger partial charge in [0.1, 0.15) is 0 Å². The largest absolute Gasteiger partial charge is 0.345 e. The van der Waals surface area contributed by atoms with Crippen LogP contribution in [0.4, 0.5) is 0 Å². The highest BCUT2D eigenvalue weighted by atomic mass is 16.1. The summed E-state index contributed by atoms with van der Waals surface area (Å²) < 4.78 is 0. The van der Waals surface area contributed by atoms with Crippen LogP contribution in [0.15, 0.2) is 78.9 Å². The standard InChI is InChI=1S/C24H19NO/c26-24(25-23-17-16-20-8-4-5-9-22(20)23)21-14-12-19(13-15-21)11-10-18-6-2-1-3-7-18/h1-9,12-15,23H,16-17H2,(H,25,26). The number of carbonyl (C=O) groups is 1. The second-order valence-corrected chi connectivity index (χ2v) is 6.46. The minimum absolute atomic E-state index is 0.0331. The van der Waals surface area contributed by atoms with E-state index in [-0.39, 0.29) is 11.9 Å². The summed E-state index contributed by atoms with van der Waals surface area (Å²) in [5.74, 6) is 6.23. The molecule has 0 aromatic heterocycles. The second kappa shape index (κ2) is 7.29. The van der Waals surface area contributed by atoms with Crippen LogP contribution < -0.4 is 5.32 Å². The van der Waals surface area contributed by atoms with Crippen molar-refractivity contribution >= 4 is 5.91 Å². The average molecular weight is 337 g/mol. The van der Waals surface area contributed by atoms with E-state index in [2.05, 4.69) is 35.4 Å². The number of hydrogen-bond acceptors (Lipinski definition) is 1. The fourth-order valence-corrected chi connectivity index (χ4v) is 3.32. The molecule has 2 heteroatoms. The summed E-state index contributed by atoms with van der Waals surface area (Å²) in [4.78, 5) is 12.6. The van der Waals surface area contributed by atoms with E-state index in [4.69, 9.17) is 0 Å². The van der Waals surface area contributed by atoms with Crippen LogP contribution in [0.3, 0.4) is 0 Å². The molecule has 1 aliphatic carbocycles. The molecule has 26 heavy (non-hydrogen) atoms. The minimum atomic E-state index is -0.0331. The summed E-state index contributed by atoms with van der Waals surface area (Å²) >= 11 is 0. The van der Waals surface area contributed by atoms with E-state index in [9.17, 15) is 4.79 Å². The van der Waals surface area contributed by atoms with Crippen molar-refractivity contribution in [2.45, 2.75) is 18.9 Å². The van der Waals surface area contributed by atoms with Gasteiger partial charge in [-0.3, -0.25) is 4.79 Å². The molecule has 0 radical (unpaired) electrons. The fourth-order valence-electron chi connectivity index (χ4n) is 3.32. The third-order valence-corrected chi connectivity index (χ3v) is 4.71. The van der Waals surface area contributed by atoms with Gasteiger partial charge in [0, 0.05) is 16.7 Å². The summed E-state index contributed by atoms with van der Waals surface area (Å²) in [6.45, 7) is 0. The van der Waals surface area contributed by atoms with Gasteiger partial charge in [-0.1, -0.05) is 54.3 Å². The lowest BCUT2D eigenvalue weighted by atomic mass is 10.1. The van der Waals surface area contributed by atoms with Crippen LogP contribution in [-0.4, -0.2) is 5.91 Å². The number of aryl methyl sites for hydroxylation is 1. The van der Waals surface area contributed by atoms with Crippen LogP contribution >= 0.6 is 0 Å². The predicted molar refractivity (Wildman–Crippen MR) is 104 cm³/mol. The molecule has 0 saturated heterocycles. The molecule has 0 spiro atoms. The van der Waals surface area contributed by atoms with Crippen molar-refractivity contribution in [2.24, 2.45) is 0 Å². The van der Waals surface area contributed by atoms with Crippen molar-refractivity contribution < 1.29 is 4.79 Å². The molecule has 1 N–H and O–H groups in total. The first-order chi connectivity index (χ1) is 12.8. The highest BCUT2D eigenvalue weighted by Gasteiger charge is 2.23. The maximum Gasteiger partial charge on any atom is 0.251 e. The first-order valence-corrected chi connectivity index (χ1v) is 8.85. The average Bonchev–Trinajstić information content (AvgIpc) is 3.10. The number of hydrogen-bond donors (Lipinski definition) is 1. The quantitative estimate of drug-likeness (QED) is 0.685. The van der Waals surface area contributed by atoms with Gasteiger partial charge in [0.25, 0.3) is 5.91 Å². The molecule has 3 aromatic rings. The van der Waals surface area contributed by atoms with Gasteiger partial charge in [-0.15, -0.1) is 0 Å². The molecule has 0 bridgehead atoms. The summed E-state index contributed by atoms with van der Waals surface area (Å²) in [6.07, 6.45) is 1.99. The maximum absolute atomic E-state index is 12.6. The minimum Gasteiger partial charge on any atom is -0.345 e. The Morgan fingerprint density at radius 2 is 1.46 bits per heavy atom. The van der Waals surface area contributed by atoms with E-state index >= 15 is 0 Å². The van der Waals surface area contributed by atoms with E-state index < -0.39 is 0 Å². The highest BCUT2D eigenvalue weighted by Crippen LogP contribution is 2.30. The van der Waals surface area contributed by atoms with Gasteiger partial charge in [0.05, 0.1) is 6.04 Å². The number of amides is 1. The Morgan fingerprint density at radius 3 is 2.23 bits per heavy atom. The molecular formula is C24H19NO. The molecule has 4 rings (SSSR count). The van der Waals surface area contributed by atoms with E-state index in [1.54, 1.807) is 0 Å². The molecule has 2 nitrogen and oxygen atoms in total. The van der Waals surface area contributed by atoms with Gasteiger partial charge in [0.2, 0.25) is 0 Å². The Kier molecular flexibility index (Phi) is 4.53. The van der Waals surface area contributed by atoms with Gasteiger partial charge >= 0.3 is 0 Å². The molecule has 126 valence electrons. The van der Waals surface area contributed by atoms with Gasteiger partial charge in [0.15, 0.2) is 0 Å². The van der Waals surface area contributed by atoms with Crippen molar-refractivity contribution in [1.82, 2.24) is 5.32 Å². The smallest absolute Gasteiger partial charge is 0.251 e. The Morgan fingerprint density at radius 1 is 0.808 bits per heavy atom. The number of fused-ring (bicyclic) bond motifs is 1. The number of carbonyl (C=O) groups excluding carboxylic acids is 1.